The number of aromatic nitrogens is 4. The van der Waals surface area contributed by atoms with Gasteiger partial charge in [0.1, 0.15) is 11.6 Å². The second-order valence-corrected chi connectivity index (χ2v) is 7.49. The van der Waals surface area contributed by atoms with Crippen LogP contribution in [0.25, 0.3) is 22.8 Å². The monoisotopic (exact) mass is 453 g/mol. The lowest BCUT2D eigenvalue weighted by atomic mass is 10.2. The Morgan fingerprint density at radius 3 is 2.69 bits per heavy atom. The average Bonchev–Trinajstić information content (AvgIpc) is 3.48. The van der Waals surface area contributed by atoms with E-state index in [1.807, 2.05) is 30.3 Å². The second kappa shape index (κ2) is 9.98. The molecule has 0 aliphatic carbocycles. The van der Waals surface area contributed by atoms with Crippen molar-refractivity contribution in [3.8, 4) is 34.3 Å². The standard InChI is InChI=1S/C21H19N5O5S/c1-28-12-18-24-25-21(32-18)22-17(27)11-30-15-9-8-14(10-16(15)29-2)19-23-20(31-26-19)13-6-4-3-5-7-13/h3-10H,11-12H2,1-2H3,(H,22,25,27). The Kier molecular flexibility index (Phi) is 6.68. The van der Waals surface area contributed by atoms with Crippen LogP contribution in [0, 0.1) is 0 Å². The first-order valence-corrected chi connectivity index (χ1v) is 10.3. The van der Waals surface area contributed by atoms with Crippen molar-refractivity contribution in [3.05, 3.63) is 53.5 Å². The van der Waals surface area contributed by atoms with Crippen molar-refractivity contribution < 1.29 is 23.5 Å². The third-order valence-corrected chi connectivity index (χ3v) is 5.02. The molecule has 11 heteroatoms. The van der Waals surface area contributed by atoms with Crippen molar-refractivity contribution >= 4 is 22.4 Å². The van der Waals surface area contributed by atoms with Crippen molar-refractivity contribution in [1.82, 2.24) is 20.3 Å². The smallest absolute Gasteiger partial charge is 0.264 e. The van der Waals surface area contributed by atoms with Crippen molar-refractivity contribution in [3.63, 3.8) is 0 Å². The van der Waals surface area contributed by atoms with Crippen LogP contribution in [0.15, 0.2) is 53.1 Å². The Labute approximate surface area is 187 Å². The molecule has 1 N–H and O–H groups in total. The molecule has 0 aliphatic rings. The number of amides is 1. The molecule has 0 bridgehead atoms. The average molecular weight is 453 g/mol. The highest BCUT2D eigenvalue weighted by Gasteiger charge is 2.15. The molecule has 0 radical (unpaired) electrons. The van der Waals surface area contributed by atoms with E-state index >= 15 is 0 Å². The van der Waals surface area contributed by atoms with E-state index < -0.39 is 0 Å². The molecule has 10 nitrogen and oxygen atoms in total. The molecule has 0 atom stereocenters. The van der Waals surface area contributed by atoms with E-state index in [1.54, 1.807) is 25.3 Å². The van der Waals surface area contributed by atoms with Gasteiger partial charge in [0.15, 0.2) is 18.1 Å². The van der Waals surface area contributed by atoms with E-state index in [0.717, 1.165) is 5.56 Å². The summed E-state index contributed by atoms with van der Waals surface area (Å²) in [6.07, 6.45) is 0. The van der Waals surface area contributed by atoms with Crippen LogP contribution in [0.4, 0.5) is 5.13 Å². The van der Waals surface area contributed by atoms with Gasteiger partial charge in [-0.15, -0.1) is 10.2 Å². The van der Waals surface area contributed by atoms with Crippen LogP contribution in [-0.4, -0.2) is 47.1 Å². The van der Waals surface area contributed by atoms with Crippen LogP contribution >= 0.6 is 11.3 Å². The maximum Gasteiger partial charge on any atom is 0.264 e. The normalized spacial score (nSPS) is 10.7. The first-order chi connectivity index (χ1) is 15.7. The molecule has 2 heterocycles. The lowest BCUT2D eigenvalue weighted by molar-refractivity contribution is -0.118. The fraction of sp³-hybridized carbons (Fsp3) is 0.190. The zero-order valence-corrected chi connectivity index (χ0v) is 18.1. The van der Waals surface area contributed by atoms with E-state index in [1.165, 1.54) is 18.4 Å². The van der Waals surface area contributed by atoms with E-state index in [4.69, 9.17) is 18.7 Å². The van der Waals surface area contributed by atoms with Gasteiger partial charge >= 0.3 is 0 Å². The highest BCUT2D eigenvalue weighted by Crippen LogP contribution is 2.32. The summed E-state index contributed by atoms with van der Waals surface area (Å²) in [5, 5.41) is 15.5. The molecule has 2 aromatic carbocycles. The van der Waals surface area contributed by atoms with Crippen LogP contribution < -0.4 is 14.8 Å². The van der Waals surface area contributed by atoms with E-state index in [0.29, 0.717) is 45.5 Å². The number of nitrogens with zero attached hydrogens (tertiary/aromatic N) is 4. The SMILES string of the molecule is COCc1nnc(NC(=O)COc2ccc(-c3noc(-c4ccccc4)n3)cc2OC)s1. The largest absolute Gasteiger partial charge is 0.493 e. The van der Waals surface area contributed by atoms with Gasteiger partial charge in [0.2, 0.25) is 11.0 Å². The summed E-state index contributed by atoms with van der Waals surface area (Å²) in [5.74, 6) is 1.29. The Hall–Kier alpha value is -3.83. The highest BCUT2D eigenvalue weighted by atomic mass is 32.1. The minimum atomic E-state index is -0.373. The minimum Gasteiger partial charge on any atom is -0.493 e. The van der Waals surface area contributed by atoms with E-state index in [9.17, 15) is 4.79 Å². The van der Waals surface area contributed by atoms with Gasteiger partial charge in [0.25, 0.3) is 11.8 Å². The third-order valence-electron chi connectivity index (χ3n) is 4.21. The van der Waals surface area contributed by atoms with Crippen molar-refractivity contribution in [2.24, 2.45) is 0 Å². The quantitative estimate of drug-likeness (QED) is 0.406. The summed E-state index contributed by atoms with van der Waals surface area (Å²) >= 11 is 1.23. The number of hydrogen-bond donors (Lipinski definition) is 1. The van der Waals surface area contributed by atoms with Crippen LogP contribution in [-0.2, 0) is 16.1 Å². The van der Waals surface area contributed by atoms with E-state index in [-0.39, 0.29) is 12.5 Å². The predicted molar refractivity (Wildman–Crippen MR) is 116 cm³/mol. The lowest BCUT2D eigenvalue weighted by Gasteiger charge is -2.11. The van der Waals surface area contributed by atoms with Crippen molar-refractivity contribution in [2.45, 2.75) is 6.61 Å². The number of carbonyl (C=O) groups excluding carboxylic acids is 1. The molecule has 32 heavy (non-hydrogen) atoms. The zero-order valence-electron chi connectivity index (χ0n) is 17.3. The molecule has 4 aromatic rings. The molecule has 4 rings (SSSR count). The number of carbonyl (C=O) groups is 1. The van der Waals surface area contributed by atoms with Crippen LogP contribution in [0.3, 0.4) is 0 Å². The second-order valence-electron chi connectivity index (χ2n) is 6.43. The summed E-state index contributed by atoms with van der Waals surface area (Å²) in [7, 11) is 3.07. The molecule has 0 aliphatic heterocycles. The van der Waals surface area contributed by atoms with Gasteiger partial charge in [-0.2, -0.15) is 4.98 Å². The topological polar surface area (TPSA) is 121 Å². The van der Waals surface area contributed by atoms with Gasteiger partial charge in [-0.3, -0.25) is 10.1 Å². The van der Waals surface area contributed by atoms with Crippen molar-refractivity contribution in [1.29, 1.82) is 0 Å². The maximum absolute atomic E-state index is 12.2. The Balaban J connectivity index is 1.41. The number of hydrogen-bond acceptors (Lipinski definition) is 10. The molecule has 1 amide bonds. The van der Waals surface area contributed by atoms with Gasteiger partial charge in [-0.05, 0) is 30.3 Å². The van der Waals surface area contributed by atoms with Crippen LogP contribution in [0.2, 0.25) is 0 Å². The van der Waals surface area contributed by atoms with Crippen molar-refractivity contribution in [2.75, 3.05) is 26.1 Å². The molecular formula is C21H19N5O5S. The Morgan fingerprint density at radius 2 is 1.91 bits per heavy atom. The molecule has 0 saturated heterocycles. The summed E-state index contributed by atoms with van der Waals surface area (Å²) in [6.45, 7) is 0.107. The fourth-order valence-corrected chi connectivity index (χ4v) is 3.48. The lowest BCUT2D eigenvalue weighted by Crippen LogP contribution is -2.20. The fourth-order valence-electron chi connectivity index (χ4n) is 2.75. The molecule has 164 valence electrons. The number of anilines is 1. The van der Waals surface area contributed by atoms with Crippen LogP contribution in [0.1, 0.15) is 5.01 Å². The first kappa shape index (κ1) is 21.4. The van der Waals surface area contributed by atoms with Gasteiger partial charge in [0, 0.05) is 18.2 Å². The number of ether oxygens (including phenoxy) is 3. The number of benzene rings is 2. The highest BCUT2D eigenvalue weighted by molar-refractivity contribution is 7.15. The van der Waals surface area contributed by atoms with Gasteiger partial charge in [-0.25, -0.2) is 0 Å². The number of nitrogens with one attached hydrogen (secondary N) is 1. The third kappa shape index (κ3) is 5.07. The summed E-state index contributed by atoms with van der Waals surface area (Å²) < 4.78 is 21.4. The predicted octanol–water partition coefficient (Wildman–Crippen LogP) is 3.43. The Morgan fingerprint density at radius 1 is 1.06 bits per heavy atom. The van der Waals surface area contributed by atoms with Gasteiger partial charge < -0.3 is 18.7 Å². The molecule has 0 saturated carbocycles. The number of methoxy groups -OCH3 is 2. The molecule has 0 spiro atoms. The summed E-state index contributed by atoms with van der Waals surface area (Å²) in [6, 6.07) is 14.6. The molecular weight excluding hydrogens is 434 g/mol. The maximum atomic E-state index is 12.2. The number of rotatable bonds is 9. The molecule has 2 aromatic heterocycles. The van der Waals surface area contributed by atoms with E-state index in [2.05, 4.69) is 25.7 Å². The first-order valence-electron chi connectivity index (χ1n) is 9.48. The molecule has 0 unspecified atom stereocenters. The van der Waals surface area contributed by atoms with Gasteiger partial charge in [-0.1, -0.05) is 34.7 Å². The van der Waals surface area contributed by atoms with Gasteiger partial charge in [0.05, 0.1) is 7.11 Å². The zero-order chi connectivity index (χ0) is 22.3. The molecule has 0 fully saturated rings. The minimum absolute atomic E-state index is 0.227. The summed E-state index contributed by atoms with van der Waals surface area (Å²) in [5.41, 5.74) is 1.51. The van der Waals surface area contributed by atoms with Crippen LogP contribution in [0.5, 0.6) is 11.5 Å². The Bertz CT molecular complexity index is 1190. The summed E-state index contributed by atoms with van der Waals surface area (Å²) in [4.78, 5) is 16.6.